The van der Waals surface area contributed by atoms with E-state index in [1.807, 2.05) is 0 Å². The van der Waals surface area contributed by atoms with E-state index >= 15 is 0 Å². The molecule has 82 valence electrons. The minimum absolute atomic E-state index is 0.591. The van der Waals surface area contributed by atoms with Crippen LogP contribution in [0.4, 0.5) is 0 Å². The molecule has 0 aromatic carbocycles. The van der Waals surface area contributed by atoms with Gasteiger partial charge in [0.15, 0.2) is 0 Å². The monoisotopic (exact) mass is 231 g/mol. The number of thioether (sulfide) groups is 2. The summed E-state index contributed by atoms with van der Waals surface area (Å²) in [5.74, 6) is 2.70. The maximum absolute atomic E-state index is 3.77. The fourth-order valence-electron chi connectivity index (χ4n) is 2.50. The van der Waals surface area contributed by atoms with E-state index in [-0.39, 0.29) is 0 Å². The molecule has 3 heteroatoms. The van der Waals surface area contributed by atoms with Gasteiger partial charge in [-0.05, 0) is 31.3 Å². The lowest BCUT2D eigenvalue weighted by molar-refractivity contribution is 0.481. The summed E-state index contributed by atoms with van der Waals surface area (Å²) in [6.45, 7) is 1.25. The normalized spacial score (nSPS) is 31.1. The summed E-state index contributed by atoms with van der Waals surface area (Å²) < 4.78 is 0.591. The molecular weight excluding hydrogens is 210 g/mol. The summed E-state index contributed by atoms with van der Waals surface area (Å²) in [6.07, 6.45) is 9.43. The van der Waals surface area contributed by atoms with E-state index in [1.165, 1.54) is 50.2 Å². The average molecular weight is 231 g/mol. The molecule has 0 amide bonds. The molecular formula is C11H21NS2. The highest BCUT2D eigenvalue weighted by atomic mass is 32.2. The molecule has 1 unspecified atom stereocenters. The summed E-state index contributed by atoms with van der Waals surface area (Å²) >= 11 is 4.20. The SMILES string of the molecule is CSC1(CNC2CCSC2)CCCC1. The predicted molar refractivity (Wildman–Crippen MR) is 68.4 cm³/mol. The molecule has 2 fully saturated rings. The number of hydrogen-bond acceptors (Lipinski definition) is 3. The van der Waals surface area contributed by atoms with E-state index in [0.717, 1.165) is 6.04 Å². The fourth-order valence-corrected chi connectivity index (χ4v) is 4.61. The molecule has 1 saturated heterocycles. The van der Waals surface area contributed by atoms with Crippen molar-refractivity contribution in [3.05, 3.63) is 0 Å². The van der Waals surface area contributed by atoms with Gasteiger partial charge in [0.05, 0.1) is 0 Å². The highest BCUT2D eigenvalue weighted by Gasteiger charge is 2.33. The van der Waals surface area contributed by atoms with Gasteiger partial charge in [-0.25, -0.2) is 0 Å². The highest BCUT2D eigenvalue weighted by Crippen LogP contribution is 2.39. The maximum Gasteiger partial charge on any atom is 0.0281 e. The Morgan fingerprint density at radius 1 is 1.43 bits per heavy atom. The zero-order valence-corrected chi connectivity index (χ0v) is 10.7. The number of rotatable bonds is 4. The number of hydrogen-bond donors (Lipinski definition) is 1. The van der Waals surface area contributed by atoms with Crippen LogP contribution in [0.25, 0.3) is 0 Å². The van der Waals surface area contributed by atoms with Crippen LogP contribution in [0.3, 0.4) is 0 Å². The molecule has 0 radical (unpaired) electrons. The first-order valence-corrected chi connectivity index (χ1v) is 8.09. The molecule has 0 bridgehead atoms. The number of nitrogens with one attached hydrogen (secondary N) is 1. The van der Waals surface area contributed by atoms with Gasteiger partial charge in [0.2, 0.25) is 0 Å². The molecule has 0 aromatic heterocycles. The van der Waals surface area contributed by atoms with Gasteiger partial charge < -0.3 is 5.32 Å². The molecule has 2 rings (SSSR count). The van der Waals surface area contributed by atoms with Crippen LogP contribution in [0.1, 0.15) is 32.1 Å². The predicted octanol–water partition coefficient (Wildman–Crippen LogP) is 2.76. The van der Waals surface area contributed by atoms with E-state index in [1.54, 1.807) is 0 Å². The average Bonchev–Trinajstić information content (AvgIpc) is 2.87. The zero-order valence-electron chi connectivity index (χ0n) is 9.05. The highest BCUT2D eigenvalue weighted by molar-refractivity contribution is 8.00. The van der Waals surface area contributed by atoms with Crippen LogP contribution in [-0.2, 0) is 0 Å². The molecule has 1 atom stereocenters. The summed E-state index contributed by atoms with van der Waals surface area (Å²) in [5, 5.41) is 3.77. The van der Waals surface area contributed by atoms with Crippen molar-refractivity contribution in [1.82, 2.24) is 5.32 Å². The van der Waals surface area contributed by atoms with Crippen LogP contribution >= 0.6 is 23.5 Å². The van der Waals surface area contributed by atoms with Gasteiger partial charge in [0.1, 0.15) is 0 Å². The third-order valence-electron chi connectivity index (χ3n) is 3.59. The summed E-state index contributed by atoms with van der Waals surface area (Å²) in [6, 6.07) is 0.810. The lowest BCUT2D eigenvalue weighted by Gasteiger charge is -2.28. The summed E-state index contributed by atoms with van der Waals surface area (Å²) in [7, 11) is 0. The Kier molecular flexibility index (Phi) is 4.09. The van der Waals surface area contributed by atoms with Crippen molar-refractivity contribution in [3.8, 4) is 0 Å². The minimum atomic E-state index is 0.591. The Morgan fingerprint density at radius 2 is 2.21 bits per heavy atom. The van der Waals surface area contributed by atoms with Crippen molar-refractivity contribution in [2.75, 3.05) is 24.3 Å². The molecule has 0 aromatic rings. The van der Waals surface area contributed by atoms with Crippen LogP contribution in [0.2, 0.25) is 0 Å². The van der Waals surface area contributed by atoms with Gasteiger partial charge >= 0.3 is 0 Å². The van der Waals surface area contributed by atoms with E-state index in [0.29, 0.717) is 4.75 Å². The second kappa shape index (κ2) is 5.13. The Balaban J connectivity index is 1.76. The summed E-state index contributed by atoms with van der Waals surface area (Å²) in [4.78, 5) is 0. The lowest BCUT2D eigenvalue weighted by atomic mass is 10.1. The van der Waals surface area contributed by atoms with E-state index < -0.39 is 0 Å². The van der Waals surface area contributed by atoms with Gasteiger partial charge in [-0.1, -0.05) is 12.8 Å². The minimum Gasteiger partial charge on any atom is -0.312 e. The first kappa shape index (κ1) is 11.2. The molecule has 1 aliphatic heterocycles. The maximum atomic E-state index is 3.77. The first-order valence-electron chi connectivity index (χ1n) is 5.71. The molecule has 1 N–H and O–H groups in total. The quantitative estimate of drug-likeness (QED) is 0.799. The van der Waals surface area contributed by atoms with Crippen LogP contribution in [0.15, 0.2) is 0 Å². The Bertz CT molecular complexity index is 172. The molecule has 2 aliphatic rings. The van der Waals surface area contributed by atoms with Crippen molar-refractivity contribution >= 4 is 23.5 Å². The molecule has 14 heavy (non-hydrogen) atoms. The fraction of sp³-hybridized carbons (Fsp3) is 1.00. The van der Waals surface area contributed by atoms with Crippen LogP contribution in [0, 0.1) is 0 Å². The third-order valence-corrected chi connectivity index (χ3v) is 6.17. The molecule has 0 spiro atoms. The molecule has 1 aliphatic carbocycles. The van der Waals surface area contributed by atoms with Crippen LogP contribution in [-0.4, -0.2) is 35.1 Å². The Hall–Kier alpha value is 0.660. The van der Waals surface area contributed by atoms with Gasteiger partial charge in [0, 0.05) is 23.1 Å². The van der Waals surface area contributed by atoms with Crippen molar-refractivity contribution in [2.45, 2.75) is 42.9 Å². The summed E-state index contributed by atoms with van der Waals surface area (Å²) in [5.41, 5.74) is 0. The molecule has 1 nitrogen and oxygen atoms in total. The zero-order chi connectivity index (χ0) is 9.86. The standard InChI is InChI=1S/C11H21NS2/c1-13-11(5-2-3-6-11)9-12-10-4-7-14-8-10/h10,12H,2-9H2,1H3. The molecule has 1 saturated carbocycles. The second-order valence-electron chi connectivity index (χ2n) is 4.54. The van der Waals surface area contributed by atoms with Gasteiger partial charge in [0.25, 0.3) is 0 Å². The van der Waals surface area contributed by atoms with Crippen molar-refractivity contribution < 1.29 is 0 Å². The molecule has 1 heterocycles. The van der Waals surface area contributed by atoms with Gasteiger partial charge in [-0.2, -0.15) is 23.5 Å². The Morgan fingerprint density at radius 3 is 2.79 bits per heavy atom. The topological polar surface area (TPSA) is 12.0 Å². The van der Waals surface area contributed by atoms with E-state index in [9.17, 15) is 0 Å². The van der Waals surface area contributed by atoms with Crippen LogP contribution in [0.5, 0.6) is 0 Å². The second-order valence-corrected chi connectivity index (χ2v) is 6.96. The van der Waals surface area contributed by atoms with Crippen molar-refractivity contribution in [1.29, 1.82) is 0 Å². The van der Waals surface area contributed by atoms with E-state index in [4.69, 9.17) is 0 Å². The van der Waals surface area contributed by atoms with Crippen molar-refractivity contribution in [3.63, 3.8) is 0 Å². The van der Waals surface area contributed by atoms with E-state index in [2.05, 4.69) is 35.1 Å². The first-order chi connectivity index (χ1) is 6.85. The Labute approximate surface area is 96.2 Å². The third kappa shape index (κ3) is 2.61. The van der Waals surface area contributed by atoms with Crippen LogP contribution < -0.4 is 5.32 Å². The van der Waals surface area contributed by atoms with Crippen molar-refractivity contribution in [2.24, 2.45) is 0 Å². The lowest BCUT2D eigenvalue weighted by Crippen LogP contribution is -2.40. The van der Waals surface area contributed by atoms with Gasteiger partial charge in [-0.15, -0.1) is 0 Å². The smallest absolute Gasteiger partial charge is 0.0281 e. The van der Waals surface area contributed by atoms with Gasteiger partial charge in [-0.3, -0.25) is 0 Å². The largest absolute Gasteiger partial charge is 0.312 e.